The molecule has 0 saturated heterocycles. The van der Waals surface area contributed by atoms with E-state index in [1.807, 2.05) is 0 Å². The van der Waals surface area contributed by atoms with Crippen molar-refractivity contribution in [3.63, 3.8) is 0 Å². The van der Waals surface area contributed by atoms with E-state index in [9.17, 15) is 17.6 Å². The topological polar surface area (TPSA) is 9.23 Å². The fourth-order valence-electron chi connectivity index (χ4n) is 0.306. The lowest BCUT2D eigenvalue weighted by Gasteiger charge is -2.14. The standard InChI is InChI=1S/C4H12OSi2.C2F4/c1-6-5-7(2,3)4;3-1(4)2(5)6/h1-4H3;. The monoisotopic (exact) mass is 232 g/mol. The Kier molecular flexibility index (Phi) is 8.58. The maximum Gasteiger partial charge on any atom is 0.334 e. The first-order valence-corrected chi connectivity index (χ1v) is 8.23. The highest BCUT2D eigenvalue weighted by Crippen LogP contribution is 2.08. The Morgan fingerprint density at radius 2 is 1.31 bits per heavy atom. The lowest BCUT2D eigenvalue weighted by Crippen LogP contribution is -2.26. The van der Waals surface area contributed by atoms with Crippen LogP contribution in [0.1, 0.15) is 0 Å². The molecule has 0 N–H and O–H groups in total. The molecule has 1 nitrogen and oxygen atoms in total. The smallest absolute Gasteiger partial charge is 0.334 e. The summed E-state index contributed by atoms with van der Waals surface area (Å²) in [6.45, 7) is 8.66. The Morgan fingerprint density at radius 1 is 1.00 bits per heavy atom. The van der Waals surface area contributed by atoms with Crippen LogP contribution in [0.15, 0.2) is 12.2 Å². The molecule has 0 aliphatic heterocycles. The number of hydrogen-bond acceptors (Lipinski definition) is 1. The third-order valence-electron chi connectivity index (χ3n) is 0.551. The van der Waals surface area contributed by atoms with Crippen molar-refractivity contribution in [1.82, 2.24) is 0 Å². The summed E-state index contributed by atoms with van der Waals surface area (Å²) in [5, 5.41) is 0. The molecule has 0 aromatic rings. The van der Waals surface area contributed by atoms with Crippen LogP contribution in [0.5, 0.6) is 0 Å². The van der Waals surface area contributed by atoms with Gasteiger partial charge in [-0.3, -0.25) is 0 Å². The lowest BCUT2D eigenvalue weighted by molar-refractivity contribution is 0.308. The van der Waals surface area contributed by atoms with Crippen molar-refractivity contribution < 1.29 is 21.7 Å². The molecule has 13 heavy (non-hydrogen) atoms. The Bertz CT molecular complexity index is 149. The maximum atomic E-state index is 10.3. The minimum absolute atomic E-state index is 0.671. The highest BCUT2D eigenvalue weighted by atomic mass is 28.4. The van der Waals surface area contributed by atoms with E-state index in [2.05, 4.69) is 26.2 Å². The Hall–Kier alpha value is -0.146. The first kappa shape index (κ1) is 15.3. The summed E-state index contributed by atoms with van der Waals surface area (Å²) in [6.07, 6.45) is -5.81. The fraction of sp³-hybridized carbons (Fsp3) is 0.667. The molecule has 78 valence electrons. The zero-order chi connectivity index (χ0) is 11.1. The Balaban J connectivity index is 0. The van der Waals surface area contributed by atoms with E-state index in [0.717, 1.165) is 0 Å². The average Bonchev–Trinajstić information content (AvgIpc) is 1.85. The maximum absolute atomic E-state index is 10.3. The zero-order valence-corrected chi connectivity index (χ0v) is 9.92. The average molecular weight is 232 g/mol. The summed E-state index contributed by atoms with van der Waals surface area (Å²) in [5.41, 5.74) is 0. The molecular weight excluding hydrogens is 220 g/mol. The largest absolute Gasteiger partial charge is 0.456 e. The Morgan fingerprint density at radius 3 is 1.31 bits per heavy atom. The van der Waals surface area contributed by atoms with Crippen LogP contribution in [0, 0.1) is 0 Å². The van der Waals surface area contributed by atoms with Crippen LogP contribution in [0.25, 0.3) is 0 Å². The first-order chi connectivity index (χ1) is 5.70. The predicted octanol–water partition coefficient (Wildman–Crippen LogP) is 3.50. The Labute approximate surface area is 78.9 Å². The van der Waals surface area contributed by atoms with E-state index in [1.54, 1.807) is 0 Å². The highest BCUT2D eigenvalue weighted by Gasteiger charge is 2.11. The quantitative estimate of drug-likeness (QED) is 0.523. The van der Waals surface area contributed by atoms with Gasteiger partial charge in [-0.05, 0) is 26.2 Å². The van der Waals surface area contributed by atoms with Crippen LogP contribution in [-0.2, 0) is 4.12 Å². The van der Waals surface area contributed by atoms with E-state index in [0.29, 0.717) is 9.76 Å². The molecule has 0 aromatic carbocycles. The van der Waals surface area contributed by atoms with Crippen LogP contribution in [0.4, 0.5) is 17.6 Å². The zero-order valence-electron chi connectivity index (χ0n) is 7.92. The molecule has 0 heterocycles. The van der Waals surface area contributed by atoms with Crippen molar-refractivity contribution in [3.05, 3.63) is 12.2 Å². The van der Waals surface area contributed by atoms with Crippen molar-refractivity contribution in [1.29, 1.82) is 0 Å². The summed E-state index contributed by atoms with van der Waals surface area (Å²) >= 11 is 0. The summed E-state index contributed by atoms with van der Waals surface area (Å²) in [4.78, 5) is 0. The number of rotatable bonds is 2. The van der Waals surface area contributed by atoms with E-state index in [4.69, 9.17) is 4.12 Å². The van der Waals surface area contributed by atoms with Gasteiger partial charge in [0, 0.05) is 0 Å². The van der Waals surface area contributed by atoms with Crippen LogP contribution in [-0.4, -0.2) is 18.1 Å². The van der Waals surface area contributed by atoms with Gasteiger partial charge in [-0.15, -0.1) is 0 Å². The first-order valence-electron chi connectivity index (χ1n) is 3.41. The summed E-state index contributed by atoms with van der Waals surface area (Å²) < 4.78 is 46.5. The van der Waals surface area contributed by atoms with Crippen molar-refractivity contribution in [3.8, 4) is 0 Å². The third kappa shape index (κ3) is 18.7. The fourth-order valence-corrected chi connectivity index (χ4v) is 2.76. The van der Waals surface area contributed by atoms with E-state index >= 15 is 0 Å². The molecule has 2 radical (unpaired) electrons. The molecule has 7 heteroatoms. The normalized spacial score (nSPS) is 10.2. The van der Waals surface area contributed by atoms with Gasteiger partial charge in [-0.25, -0.2) is 0 Å². The molecule has 0 atom stereocenters. The van der Waals surface area contributed by atoms with Crippen molar-refractivity contribution in [2.45, 2.75) is 26.2 Å². The highest BCUT2D eigenvalue weighted by molar-refractivity contribution is 6.73. The van der Waals surface area contributed by atoms with Gasteiger partial charge in [-0.1, -0.05) is 0 Å². The van der Waals surface area contributed by atoms with Crippen molar-refractivity contribution >= 4 is 18.1 Å². The SMILES string of the molecule is C[Si]O[Si](C)(C)C.FC(F)=C(F)F. The summed E-state index contributed by atoms with van der Waals surface area (Å²) in [7, 11) is -0.474. The van der Waals surface area contributed by atoms with Gasteiger partial charge >= 0.3 is 12.2 Å². The minimum Gasteiger partial charge on any atom is -0.456 e. The number of hydrogen-bond donors (Lipinski definition) is 0. The lowest BCUT2D eigenvalue weighted by atomic mass is 11.1. The minimum atomic E-state index is -2.91. The second-order valence-electron chi connectivity index (χ2n) is 2.94. The molecule has 0 unspecified atom stereocenters. The van der Waals surface area contributed by atoms with E-state index in [1.165, 1.54) is 0 Å². The molecule has 0 aliphatic carbocycles. The second kappa shape index (κ2) is 7.28. The van der Waals surface area contributed by atoms with Crippen LogP contribution >= 0.6 is 0 Å². The van der Waals surface area contributed by atoms with Gasteiger partial charge in [0.15, 0.2) is 8.32 Å². The summed E-state index contributed by atoms with van der Waals surface area (Å²) in [6, 6.07) is 0. The van der Waals surface area contributed by atoms with Gasteiger partial charge in [0.2, 0.25) is 9.76 Å². The molecule has 0 fully saturated rings. The molecule has 0 rings (SSSR count). The van der Waals surface area contributed by atoms with Gasteiger partial charge < -0.3 is 4.12 Å². The van der Waals surface area contributed by atoms with Gasteiger partial charge in [0.1, 0.15) is 0 Å². The number of halogens is 4. The van der Waals surface area contributed by atoms with Crippen LogP contribution in [0.3, 0.4) is 0 Å². The van der Waals surface area contributed by atoms with Gasteiger partial charge in [0.25, 0.3) is 0 Å². The molecule has 0 bridgehead atoms. The van der Waals surface area contributed by atoms with E-state index in [-0.39, 0.29) is 0 Å². The van der Waals surface area contributed by atoms with Gasteiger partial charge in [-0.2, -0.15) is 17.6 Å². The molecule has 0 spiro atoms. The van der Waals surface area contributed by atoms with Crippen LogP contribution in [0.2, 0.25) is 26.2 Å². The molecule has 0 saturated carbocycles. The summed E-state index contributed by atoms with van der Waals surface area (Å²) in [5.74, 6) is 0. The third-order valence-corrected chi connectivity index (χ3v) is 3.82. The molecule has 0 aromatic heterocycles. The van der Waals surface area contributed by atoms with Crippen LogP contribution < -0.4 is 0 Å². The predicted molar refractivity (Wildman–Crippen MR) is 47.5 cm³/mol. The van der Waals surface area contributed by atoms with E-state index < -0.39 is 20.5 Å². The molecular formula is C6H12F4OSi2. The second-order valence-corrected chi connectivity index (χ2v) is 8.39. The van der Waals surface area contributed by atoms with Gasteiger partial charge in [0.05, 0.1) is 0 Å². The van der Waals surface area contributed by atoms with Crippen molar-refractivity contribution in [2.75, 3.05) is 0 Å². The molecule has 0 aliphatic rings. The van der Waals surface area contributed by atoms with Crippen molar-refractivity contribution in [2.24, 2.45) is 0 Å². The molecule has 0 amide bonds.